The predicted octanol–water partition coefficient (Wildman–Crippen LogP) is 4.50. The Balaban J connectivity index is 1.79. The van der Waals surface area contributed by atoms with Crippen LogP contribution >= 0.6 is 0 Å². The summed E-state index contributed by atoms with van der Waals surface area (Å²) in [6.07, 6.45) is 1.47. The number of nitrogens with zero attached hydrogens (tertiary/aromatic N) is 2. The van der Waals surface area contributed by atoms with Crippen LogP contribution in [0.4, 0.5) is 0 Å². The normalized spacial score (nSPS) is 12.5. The van der Waals surface area contributed by atoms with Gasteiger partial charge < -0.3 is 9.88 Å². The topological polar surface area (TPSA) is 46.9 Å². The van der Waals surface area contributed by atoms with Crippen molar-refractivity contribution in [1.29, 1.82) is 0 Å². The minimum Gasteiger partial charge on any atom is -0.346 e. The van der Waals surface area contributed by atoms with Gasteiger partial charge in [0.15, 0.2) is 0 Å². The Kier molecular flexibility index (Phi) is 5.71. The molecule has 1 aromatic heterocycles. The Morgan fingerprint density at radius 1 is 1.04 bits per heavy atom. The number of carbonyl (C=O) groups is 1. The Bertz CT molecular complexity index is 867. The highest BCUT2D eigenvalue weighted by atomic mass is 16.1. The van der Waals surface area contributed by atoms with E-state index in [1.807, 2.05) is 55.5 Å². The number of hydrogen-bond acceptors (Lipinski definition) is 2. The molecule has 1 unspecified atom stereocenters. The van der Waals surface area contributed by atoms with E-state index in [1.54, 1.807) is 0 Å². The van der Waals surface area contributed by atoms with Crippen molar-refractivity contribution >= 4 is 16.9 Å². The molecule has 4 nitrogen and oxygen atoms in total. The van der Waals surface area contributed by atoms with Crippen LogP contribution < -0.4 is 5.32 Å². The fourth-order valence-electron chi connectivity index (χ4n) is 3.19. The van der Waals surface area contributed by atoms with E-state index in [0.29, 0.717) is 12.3 Å². The minimum absolute atomic E-state index is 0.0196. The highest BCUT2D eigenvalue weighted by Crippen LogP contribution is 2.22. The van der Waals surface area contributed by atoms with E-state index in [4.69, 9.17) is 4.98 Å². The van der Waals surface area contributed by atoms with Crippen molar-refractivity contribution in [3.05, 3.63) is 66.0 Å². The van der Waals surface area contributed by atoms with Crippen LogP contribution in [0.15, 0.2) is 54.6 Å². The van der Waals surface area contributed by atoms with Gasteiger partial charge in [0.2, 0.25) is 5.91 Å². The van der Waals surface area contributed by atoms with Crippen LogP contribution in [0.1, 0.15) is 44.6 Å². The first-order valence-electron chi connectivity index (χ1n) is 9.33. The van der Waals surface area contributed by atoms with E-state index in [9.17, 15) is 4.79 Å². The number of benzene rings is 2. The number of nitrogens with one attached hydrogen (secondary N) is 1. The van der Waals surface area contributed by atoms with E-state index < -0.39 is 0 Å². The predicted molar refractivity (Wildman–Crippen MR) is 106 cm³/mol. The molecule has 136 valence electrons. The van der Waals surface area contributed by atoms with Gasteiger partial charge >= 0.3 is 0 Å². The van der Waals surface area contributed by atoms with Gasteiger partial charge in [0.05, 0.1) is 23.5 Å². The third kappa shape index (κ3) is 4.31. The second-order valence-electron chi connectivity index (χ2n) is 7.24. The zero-order chi connectivity index (χ0) is 18.5. The number of para-hydroxylation sites is 2. The van der Waals surface area contributed by atoms with Gasteiger partial charge in [0.25, 0.3) is 0 Å². The minimum atomic E-state index is -0.134. The van der Waals surface area contributed by atoms with Crippen molar-refractivity contribution in [2.45, 2.75) is 46.2 Å². The summed E-state index contributed by atoms with van der Waals surface area (Å²) in [5.41, 5.74) is 3.13. The van der Waals surface area contributed by atoms with E-state index >= 15 is 0 Å². The monoisotopic (exact) mass is 349 g/mol. The molecule has 0 spiro atoms. The van der Waals surface area contributed by atoms with Crippen molar-refractivity contribution in [2.24, 2.45) is 5.92 Å². The first-order valence-corrected chi connectivity index (χ1v) is 9.33. The average molecular weight is 349 g/mol. The van der Waals surface area contributed by atoms with Crippen molar-refractivity contribution in [3.8, 4) is 0 Å². The van der Waals surface area contributed by atoms with E-state index in [0.717, 1.165) is 35.4 Å². The summed E-state index contributed by atoms with van der Waals surface area (Å²) < 4.78 is 2.25. The number of hydrogen-bond donors (Lipinski definition) is 1. The molecule has 3 rings (SSSR count). The summed E-state index contributed by atoms with van der Waals surface area (Å²) in [5, 5.41) is 3.11. The van der Waals surface area contributed by atoms with Gasteiger partial charge in [-0.2, -0.15) is 0 Å². The van der Waals surface area contributed by atoms with Gasteiger partial charge in [-0.25, -0.2) is 4.98 Å². The number of imidazole rings is 1. The third-order valence-electron chi connectivity index (χ3n) is 4.59. The first kappa shape index (κ1) is 18.2. The highest BCUT2D eigenvalue weighted by Gasteiger charge is 2.18. The second kappa shape index (κ2) is 8.17. The molecule has 2 aromatic carbocycles. The lowest BCUT2D eigenvalue weighted by Crippen LogP contribution is -2.30. The zero-order valence-electron chi connectivity index (χ0n) is 15.8. The molecular weight excluding hydrogens is 322 g/mol. The van der Waals surface area contributed by atoms with E-state index in [1.165, 1.54) is 0 Å². The molecule has 0 saturated carbocycles. The van der Waals surface area contributed by atoms with Gasteiger partial charge in [0, 0.05) is 6.54 Å². The molecule has 1 N–H and O–H groups in total. The van der Waals surface area contributed by atoms with Gasteiger partial charge in [0.1, 0.15) is 5.82 Å². The van der Waals surface area contributed by atoms with Crippen molar-refractivity contribution in [1.82, 2.24) is 14.9 Å². The van der Waals surface area contributed by atoms with E-state index in [-0.39, 0.29) is 11.9 Å². The maximum absolute atomic E-state index is 12.4. The summed E-state index contributed by atoms with van der Waals surface area (Å²) in [6.45, 7) is 7.37. The molecule has 1 amide bonds. The van der Waals surface area contributed by atoms with Crippen molar-refractivity contribution < 1.29 is 4.79 Å². The smallest absolute Gasteiger partial charge is 0.224 e. The SMILES string of the molecule is CC(C)CCn1c(C(C)NC(=O)Cc2ccccc2)nc2ccccc21. The number of fused-ring (bicyclic) bond motifs is 1. The molecule has 1 heterocycles. The molecule has 0 fully saturated rings. The van der Waals surface area contributed by atoms with Gasteiger partial charge in [-0.15, -0.1) is 0 Å². The molecule has 0 aliphatic heterocycles. The van der Waals surface area contributed by atoms with Crippen LogP contribution in [0.3, 0.4) is 0 Å². The lowest BCUT2D eigenvalue weighted by atomic mass is 10.1. The van der Waals surface area contributed by atoms with Gasteiger partial charge in [-0.1, -0.05) is 56.3 Å². The van der Waals surface area contributed by atoms with Crippen molar-refractivity contribution in [2.75, 3.05) is 0 Å². The summed E-state index contributed by atoms with van der Waals surface area (Å²) in [7, 11) is 0. The average Bonchev–Trinajstić information content (AvgIpc) is 2.99. The highest BCUT2D eigenvalue weighted by molar-refractivity contribution is 5.79. The quantitative estimate of drug-likeness (QED) is 0.682. The Morgan fingerprint density at radius 2 is 1.73 bits per heavy atom. The number of amides is 1. The summed E-state index contributed by atoms with van der Waals surface area (Å²) >= 11 is 0. The number of carbonyl (C=O) groups excluding carboxylic acids is 1. The van der Waals surface area contributed by atoms with Crippen LogP contribution in [0.25, 0.3) is 11.0 Å². The molecule has 26 heavy (non-hydrogen) atoms. The maximum atomic E-state index is 12.4. The largest absolute Gasteiger partial charge is 0.346 e. The van der Waals surface area contributed by atoms with E-state index in [2.05, 4.69) is 29.8 Å². The summed E-state index contributed by atoms with van der Waals surface area (Å²) in [6, 6.07) is 17.9. The van der Waals surface area contributed by atoms with Crippen LogP contribution in [0.2, 0.25) is 0 Å². The standard InChI is InChI=1S/C22H27N3O/c1-16(2)13-14-25-20-12-8-7-11-19(20)24-22(25)17(3)23-21(26)15-18-9-5-4-6-10-18/h4-12,16-17H,13-15H2,1-3H3,(H,23,26). The number of aryl methyl sites for hydroxylation is 1. The summed E-state index contributed by atoms with van der Waals surface area (Å²) in [4.78, 5) is 17.2. The zero-order valence-corrected chi connectivity index (χ0v) is 15.8. The molecule has 1 atom stereocenters. The van der Waals surface area contributed by atoms with Gasteiger partial charge in [-0.3, -0.25) is 4.79 Å². The molecular formula is C22H27N3O. The third-order valence-corrected chi connectivity index (χ3v) is 4.59. The first-order chi connectivity index (χ1) is 12.5. The fourth-order valence-corrected chi connectivity index (χ4v) is 3.19. The van der Waals surface area contributed by atoms with Crippen molar-refractivity contribution in [3.63, 3.8) is 0 Å². The Hall–Kier alpha value is -2.62. The van der Waals surface area contributed by atoms with Crippen LogP contribution in [0, 0.1) is 5.92 Å². The molecule has 4 heteroatoms. The molecule has 0 bridgehead atoms. The second-order valence-corrected chi connectivity index (χ2v) is 7.24. The molecule has 3 aromatic rings. The molecule has 0 aliphatic rings. The number of aromatic nitrogens is 2. The Labute approximate surface area is 155 Å². The van der Waals surface area contributed by atoms with Crippen LogP contribution in [-0.2, 0) is 17.8 Å². The maximum Gasteiger partial charge on any atom is 0.224 e. The number of rotatable bonds is 7. The van der Waals surface area contributed by atoms with Crippen LogP contribution in [0.5, 0.6) is 0 Å². The lowest BCUT2D eigenvalue weighted by molar-refractivity contribution is -0.121. The Morgan fingerprint density at radius 3 is 2.46 bits per heavy atom. The lowest BCUT2D eigenvalue weighted by Gasteiger charge is -2.17. The molecule has 0 aliphatic carbocycles. The fraction of sp³-hybridized carbons (Fsp3) is 0.364. The molecule has 0 saturated heterocycles. The van der Waals surface area contributed by atoms with Crippen LogP contribution in [-0.4, -0.2) is 15.5 Å². The van der Waals surface area contributed by atoms with Gasteiger partial charge in [-0.05, 0) is 37.0 Å². The molecule has 0 radical (unpaired) electrons. The summed E-state index contributed by atoms with van der Waals surface area (Å²) in [5.74, 6) is 1.56.